The van der Waals surface area contributed by atoms with Crippen molar-refractivity contribution in [2.75, 3.05) is 6.61 Å². The molecule has 25 heavy (non-hydrogen) atoms. The SMILES string of the molecule is [B]C(=O)N1[C@@H](Cc2ccccc2)[C@@H](CC=CC(=O)OCC)OC1(C)C. The van der Waals surface area contributed by atoms with E-state index in [9.17, 15) is 9.59 Å². The predicted molar refractivity (Wildman–Crippen MR) is 96.3 cm³/mol. The Morgan fingerprint density at radius 1 is 1.32 bits per heavy atom. The van der Waals surface area contributed by atoms with E-state index in [1.165, 1.54) is 6.08 Å². The maximum Gasteiger partial charge on any atom is 0.330 e. The van der Waals surface area contributed by atoms with E-state index in [-0.39, 0.29) is 18.1 Å². The Morgan fingerprint density at radius 2 is 2.00 bits per heavy atom. The molecule has 132 valence electrons. The highest BCUT2D eigenvalue weighted by Gasteiger charge is 2.47. The number of hydrogen-bond donors (Lipinski definition) is 0. The fourth-order valence-electron chi connectivity index (χ4n) is 3.27. The molecule has 0 aromatic heterocycles. The molecule has 0 aliphatic carbocycles. The maximum atomic E-state index is 12.0. The third-order valence-corrected chi connectivity index (χ3v) is 4.21. The van der Waals surface area contributed by atoms with Gasteiger partial charge in [0, 0.05) is 6.08 Å². The predicted octanol–water partition coefficient (Wildman–Crippen LogP) is 2.83. The van der Waals surface area contributed by atoms with E-state index in [0.29, 0.717) is 19.4 Å². The van der Waals surface area contributed by atoms with Gasteiger partial charge >= 0.3 is 5.97 Å². The highest BCUT2D eigenvalue weighted by atomic mass is 16.5. The summed E-state index contributed by atoms with van der Waals surface area (Å²) in [4.78, 5) is 25.0. The Morgan fingerprint density at radius 3 is 2.60 bits per heavy atom. The Balaban J connectivity index is 2.17. The van der Waals surface area contributed by atoms with E-state index in [1.54, 1.807) is 17.9 Å². The molecule has 0 N–H and O–H groups in total. The Labute approximate surface area is 150 Å². The van der Waals surface area contributed by atoms with Crippen molar-refractivity contribution in [2.24, 2.45) is 0 Å². The van der Waals surface area contributed by atoms with Gasteiger partial charge in [0.15, 0.2) is 5.81 Å². The number of esters is 1. The summed E-state index contributed by atoms with van der Waals surface area (Å²) in [5, 5.41) is 0. The van der Waals surface area contributed by atoms with Crippen LogP contribution in [0.2, 0.25) is 0 Å². The zero-order valence-corrected chi connectivity index (χ0v) is 15.0. The molecular formula is C19H24BNO4. The summed E-state index contributed by atoms with van der Waals surface area (Å²) < 4.78 is 10.9. The van der Waals surface area contributed by atoms with Gasteiger partial charge in [-0.25, -0.2) is 4.79 Å². The number of hydrogen-bond acceptors (Lipinski definition) is 4. The standard InChI is InChI=1S/C19H24BNO4/c1-4-24-17(22)12-8-11-16-15(13-14-9-6-5-7-10-14)21(18(20)23)19(2,3)25-16/h5-10,12,15-16H,4,11,13H2,1-3H3/t15-,16+/m0/s1. The van der Waals surface area contributed by atoms with E-state index < -0.39 is 11.5 Å². The van der Waals surface area contributed by atoms with Crippen LogP contribution in [0.15, 0.2) is 42.5 Å². The van der Waals surface area contributed by atoms with Crippen LogP contribution < -0.4 is 0 Å². The molecule has 0 unspecified atom stereocenters. The van der Waals surface area contributed by atoms with Crippen LogP contribution in [0, 0.1) is 0 Å². The number of amides is 1. The van der Waals surface area contributed by atoms with Gasteiger partial charge in [0.25, 0.3) is 0 Å². The van der Waals surface area contributed by atoms with Gasteiger partial charge in [0.2, 0.25) is 7.85 Å². The summed E-state index contributed by atoms with van der Waals surface area (Å²) in [6.45, 7) is 5.74. The lowest BCUT2D eigenvalue weighted by atomic mass is 9.95. The number of nitrogens with zero attached hydrogens (tertiary/aromatic N) is 1. The summed E-state index contributed by atoms with van der Waals surface area (Å²) in [5.74, 6) is -0.895. The summed E-state index contributed by atoms with van der Waals surface area (Å²) >= 11 is 0. The van der Waals surface area contributed by atoms with Crippen molar-refractivity contribution in [3.63, 3.8) is 0 Å². The molecule has 1 fully saturated rings. The second-order valence-corrected chi connectivity index (χ2v) is 6.46. The summed E-state index contributed by atoms with van der Waals surface area (Å²) in [6, 6.07) is 9.68. The fraction of sp³-hybridized carbons (Fsp3) is 0.474. The fourth-order valence-corrected chi connectivity index (χ4v) is 3.27. The molecule has 2 rings (SSSR count). The lowest BCUT2D eigenvalue weighted by molar-refractivity contribution is -0.137. The third-order valence-electron chi connectivity index (χ3n) is 4.21. The van der Waals surface area contributed by atoms with Gasteiger partial charge in [0.05, 0.1) is 18.8 Å². The van der Waals surface area contributed by atoms with Crippen molar-refractivity contribution < 1.29 is 19.1 Å². The van der Waals surface area contributed by atoms with Crippen LogP contribution in [0.1, 0.15) is 32.8 Å². The van der Waals surface area contributed by atoms with Gasteiger partial charge in [0.1, 0.15) is 5.72 Å². The molecule has 2 atom stereocenters. The smallest absolute Gasteiger partial charge is 0.330 e. The van der Waals surface area contributed by atoms with Crippen molar-refractivity contribution in [2.45, 2.75) is 51.5 Å². The van der Waals surface area contributed by atoms with Crippen LogP contribution in [-0.2, 0) is 20.7 Å². The third kappa shape index (κ3) is 4.95. The first kappa shape index (κ1) is 19.3. The average molecular weight is 341 g/mol. The summed E-state index contributed by atoms with van der Waals surface area (Å²) in [5.41, 5.74) is 0.299. The average Bonchev–Trinajstić information content (AvgIpc) is 2.78. The van der Waals surface area contributed by atoms with Crippen LogP contribution in [0.4, 0.5) is 4.79 Å². The second kappa shape index (κ2) is 8.34. The molecule has 5 nitrogen and oxygen atoms in total. The van der Waals surface area contributed by atoms with Gasteiger partial charge in [-0.15, -0.1) is 0 Å². The van der Waals surface area contributed by atoms with Gasteiger partial charge < -0.3 is 14.4 Å². The zero-order valence-electron chi connectivity index (χ0n) is 15.0. The Kier molecular flexibility index (Phi) is 6.42. The minimum absolute atomic E-state index is 0.207. The molecule has 1 heterocycles. The molecule has 2 radical (unpaired) electrons. The first-order valence-corrected chi connectivity index (χ1v) is 8.49. The first-order chi connectivity index (χ1) is 11.8. The lowest BCUT2D eigenvalue weighted by Crippen LogP contribution is -2.48. The topological polar surface area (TPSA) is 55.8 Å². The molecule has 6 heteroatoms. The molecule has 1 amide bonds. The number of carbonyl (C=O) groups is 2. The highest BCUT2D eigenvalue weighted by Crippen LogP contribution is 2.35. The molecule has 1 aliphatic heterocycles. The normalized spacial score (nSPS) is 22.3. The van der Waals surface area contributed by atoms with Crippen LogP contribution in [0.5, 0.6) is 0 Å². The Hall–Kier alpha value is -2.08. The lowest BCUT2D eigenvalue weighted by Gasteiger charge is -2.33. The van der Waals surface area contributed by atoms with E-state index >= 15 is 0 Å². The minimum Gasteiger partial charge on any atom is -0.463 e. The first-order valence-electron chi connectivity index (χ1n) is 8.49. The molecule has 0 bridgehead atoms. The van der Waals surface area contributed by atoms with E-state index in [1.807, 2.05) is 44.2 Å². The molecule has 1 aromatic carbocycles. The van der Waals surface area contributed by atoms with E-state index in [4.69, 9.17) is 17.3 Å². The largest absolute Gasteiger partial charge is 0.463 e. The zero-order chi connectivity index (χ0) is 18.4. The molecule has 1 saturated heterocycles. The quantitative estimate of drug-likeness (QED) is 0.454. The van der Waals surface area contributed by atoms with Crippen LogP contribution in [0.25, 0.3) is 0 Å². The Bertz CT molecular complexity index is 630. The van der Waals surface area contributed by atoms with Crippen molar-refractivity contribution in [1.82, 2.24) is 4.90 Å². The van der Waals surface area contributed by atoms with Crippen molar-refractivity contribution in [3.05, 3.63) is 48.0 Å². The van der Waals surface area contributed by atoms with Crippen LogP contribution in [0.3, 0.4) is 0 Å². The van der Waals surface area contributed by atoms with Gasteiger partial charge in [-0.1, -0.05) is 36.4 Å². The van der Waals surface area contributed by atoms with Crippen LogP contribution in [-0.4, -0.2) is 49.0 Å². The van der Waals surface area contributed by atoms with Gasteiger partial charge in [-0.3, -0.25) is 4.79 Å². The van der Waals surface area contributed by atoms with Crippen molar-refractivity contribution >= 4 is 19.6 Å². The molecule has 0 spiro atoms. The summed E-state index contributed by atoms with van der Waals surface area (Å²) in [6.07, 6.45) is 3.98. The number of ether oxygens (including phenoxy) is 2. The minimum atomic E-state index is -0.798. The van der Waals surface area contributed by atoms with Crippen molar-refractivity contribution in [3.8, 4) is 0 Å². The number of rotatable bonds is 6. The number of benzene rings is 1. The molecule has 0 saturated carbocycles. The highest BCUT2D eigenvalue weighted by molar-refractivity contribution is 6.57. The van der Waals surface area contributed by atoms with E-state index in [0.717, 1.165) is 5.56 Å². The summed E-state index contributed by atoms with van der Waals surface area (Å²) in [7, 11) is 5.61. The second-order valence-electron chi connectivity index (χ2n) is 6.46. The van der Waals surface area contributed by atoms with E-state index in [2.05, 4.69) is 0 Å². The number of carbonyl (C=O) groups excluding carboxylic acids is 2. The molecule has 1 aliphatic rings. The van der Waals surface area contributed by atoms with Gasteiger partial charge in [-0.05, 0) is 39.2 Å². The van der Waals surface area contributed by atoms with Crippen molar-refractivity contribution in [1.29, 1.82) is 0 Å². The maximum absolute atomic E-state index is 12.0. The molecule has 1 aromatic rings. The van der Waals surface area contributed by atoms with Gasteiger partial charge in [-0.2, -0.15) is 0 Å². The monoisotopic (exact) mass is 341 g/mol. The van der Waals surface area contributed by atoms with Crippen LogP contribution >= 0.6 is 0 Å². The molecular weight excluding hydrogens is 317 g/mol.